The number of nitrogens with one attached hydrogen (secondary N) is 1. The molecule has 0 saturated carbocycles. The van der Waals surface area contributed by atoms with Gasteiger partial charge >= 0.3 is 0 Å². The lowest BCUT2D eigenvalue weighted by Crippen LogP contribution is -2.48. The van der Waals surface area contributed by atoms with Crippen molar-refractivity contribution in [2.24, 2.45) is 5.73 Å². The van der Waals surface area contributed by atoms with Crippen molar-refractivity contribution < 1.29 is 4.79 Å². The highest BCUT2D eigenvalue weighted by Gasteiger charge is 2.23. The minimum absolute atomic E-state index is 0.0623. The first-order valence-electron chi connectivity index (χ1n) is 5.94. The number of thiophene rings is 1. The third kappa shape index (κ3) is 3.28. The van der Waals surface area contributed by atoms with Crippen molar-refractivity contribution >= 4 is 17.2 Å². The number of hydrogen-bond acceptors (Lipinski definition) is 4. The number of carbonyl (C=O) groups excluding carboxylic acids is 1. The van der Waals surface area contributed by atoms with Crippen LogP contribution < -0.4 is 11.1 Å². The Bertz CT molecular complexity index is 366. The van der Waals surface area contributed by atoms with Gasteiger partial charge in [-0.15, -0.1) is 11.3 Å². The quantitative estimate of drug-likeness (QED) is 0.843. The summed E-state index contributed by atoms with van der Waals surface area (Å²) >= 11 is 1.53. The van der Waals surface area contributed by atoms with Crippen LogP contribution >= 0.6 is 11.3 Å². The van der Waals surface area contributed by atoms with E-state index in [0.29, 0.717) is 0 Å². The second-order valence-electron chi connectivity index (χ2n) is 4.60. The maximum Gasteiger partial charge on any atom is 0.242 e. The number of hydrogen-bond donors (Lipinski definition) is 2. The molecule has 0 aromatic carbocycles. The van der Waals surface area contributed by atoms with Crippen LogP contribution in [0.15, 0.2) is 17.5 Å². The molecule has 1 aliphatic heterocycles. The van der Waals surface area contributed by atoms with Crippen molar-refractivity contribution in [1.29, 1.82) is 0 Å². The molecule has 1 fully saturated rings. The first-order valence-corrected chi connectivity index (χ1v) is 6.82. The highest BCUT2D eigenvalue weighted by atomic mass is 32.1. The number of likely N-dealkylation sites (N-methyl/N-ethyl adjacent to an activating group) is 1. The van der Waals surface area contributed by atoms with E-state index in [2.05, 4.69) is 17.3 Å². The molecule has 0 bridgehead atoms. The molecule has 0 aliphatic carbocycles. The monoisotopic (exact) mass is 253 g/mol. The van der Waals surface area contributed by atoms with E-state index in [9.17, 15) is 4.79 Å². The molecule has 1 amide bonds. The minimum atomic E-state index is -0.526. The Morgan fingerprint density at radius 1 is 1.71 bits per heavy atom. The molecule has 1 aliphatic rings. The molecule has 0 radical (unpaired) electrons. The summed E-state index contributed by atoms with van der Waals surface area (Å²) < 4.78 is 0. The van der Waals surface area contributed by atoms with Crippen molar-refractivity contribution in [3.05, 3.63) is 22.4 Å². The Morgan fingerprint density at radius 2 is 2.53 bits per heavy atom. The van der Waals surface area contributed by atoms with Gasteiger partial charge in [0.05, 0.1) is 0 Å². The predicted octanol–water partition coefficient (Wildman–Crippen LogP) is 0.958. The van der Waals surface area contributed by atoms with E-state index in [1.54, 1.807) is 0 Å². The van der Waals surface area contributed by atoms with Crippen molar-refractivity contribution in [2.75, 3.05) is 20.1 Å². The summed E-state index contributed by atoms with van der Waals surface area (Å²) in [5.74, 6) is -0.0623. The fourth-order valence-corrected chi connectivity index (χ4v) is 2.90. The van der Waals surface area contributed by atoms with Gasteiger partial charge in [-0.05, 0) is 37.9 Å². The van der Waals surface area contributed by atoms with Crippen LogP contribution in [-0.2, 0) is 4.79 Å². The lowest BCUT2D eigenvalue weighted by molar-refractivity contribution is -0.123. The first-order chi connectivity index (χ1) is 8.16. The molecular weight excluding hydrogens is 234 g/mol. The van der Waals surface area contributed by atoms with E-state index in [1.807, 2.05) is 17.5 Å². The normalized spacial score (nSPS) is 23.3. The Balaban J connectivity index is 1.88. The number of nitrogens with zero attached hydrogens (tertiary/aromatic N) is 1. The zero-order valence-electron chi connectivity index (χ0n) is 10.1. The molecule has 5 heteroatoms. The van der Waals surface area contributed by atoms with Crippen LogP contribution in [0.3, 0.4) is 0 Å². The zero-order chi connectivity index (χ0) is 12.3. The first kappa shape index (κ1) is 12.5. The summed E-state index contributed by atoms with van der Waals surface area (Å²) in [5, 5.41) is 4.98. The van der Waals surface area contributed by atoms with E-state index >= 15 is 0 Å². The predicted molar refractivity (Wildman–Crippen MR) is 69.9 cm³/mol. The van der Waals surface area contributed by atoms with Crippen LogP contribution in [0.1, 0.15) is 23.8 Å². The van der Waals surface area contributed by atoms with Crippen molar-refractivity contribution in [3.63, 3.8) is 0 Å². The molecule has 1 aromatic rings. The SMILES string of the molecule is CN1CCCC(NC(=O)C(N)c2cccs2)C1. The van der Waals surface area contributed by atoms with Crippen molar-refractivity contribution in [3.8, 4) is 0 Å². The number of piperidine rings is 1. The van der Waals surface area contributed by atoms with Gasteiger partial charge in [0.2, 0.25) is 5.91 Å². The number of rotatable bonds is 3. The third-order valence-electron chi connectivity index (χ3n) is 3.10. The second kappa shape index (κ2) is 5.62. The van der Waals surface area contributed by atoms with Gasteiger partial charge in [0.25, 0.3) is 0 Å². The molecule has 1 saturated heterocycles. The highest BCUT2D eigenvalue weighted by molar-refractivity contribution is 7.10. The van der Waals surface area contributed by atoms with Crippen LogP contribution in [-0.4, -0.2) is 37.0 Å². The molecular formula is C12H19N3OS. The highest BCUT2D eigenvalue weighted by Crippen LogP contribution is 2.17. The van der Waals surface area contributed by atoms with Gasteiger partial charge in [-0.25, -0.2) is 0 Å². The Hall–Kier alpha value is -0.910. The maximum absolute atomic E-state index is 12.0. The third-order valence-corrected chi connectivity index (χ3v) is 4.06. The average Bonchev–Trinajstić information content (AvgIpc) is 2.81. The number of likely N-dealkylation sites (tertiary alicyclic amines) is 1. The van der Waals surface area contributed by atoms with Gasteiger partial charge in [0.15, 0.2) is 0 Å². The van der Waals surface area contributed by atoms with E-state index in [1.165, 1.54) is 11.3 Å². The van der Waals surface area contributed by atoms with Crippen LogP contribution in [0.5, 0.6) is 0 Å². The minimum Gasteiger partial charge on any atom is -0.350 e. The molecule has 3 N–H and O–H groups in total. The number of carbonyl (C=O) groups is 1. The van der Waals surface area contributed by atoms with Crippen LogP contribution in [0.25, 0.3) is 0 Å². The van der Waals surface area contributed by atoms with Gasteiger partial charge < -0.3 is 16.0 Å². The van der Waals surface area contributed by atoms with Gasteiger partial charge in [-0.1, -0.05) is 6.07 Å². The van der Waals surface area contributed by atoms with E-state index < -0.39 is 6.04 Å². The molecule has 4 nitrogen and oxygen atoms in total. The Labute approximate surface area is 106 Å². The standard InChI is InChI=1S/C12H19N3OS/c1-15-6-2-4-9(8-15)14-12(16)11(13)10-5-3-7-17-10/h3,5,7,9,11H,2,4,6,8,13H2,1H3,(H,14,16). The topological polar surface area (TPSA) is 58.4 Å². The van der Waals surface area contributed by atoms with Crippen molar-refractivity contribution in [2.45, 2.75) is 24.9 Å². The van der Waals surface area contributed by atoms with Gasteiger partial charge in [0.1, 0.15) is 6.04 Å². The summed E-state index contributed by atoms with van der Waals surface area (Å²) in [6.45, 7) is 2.03. The lowest BCUT2D eigenvalue weighted by atomic mass is 10.1. The largest absolute Gasteiger partial charge is 0.350 e. The smallest absolute Gasteiger partial charge is 0.242 e. The molecule has 2 atom stereocenters. The Kier molecular flexibility index (Phi) is 4.15. The Morgan fingerprint density at radius 3 is 3.18 bits per heavy atom. The molecule has 0 spiro atoms. The molecule has 2 rings (SSSR count). The molecule has 94 valence electrons. The van der Waals surface area contributed by atoms with Crippen molar-refractivity contribution in [1.82, 2.24) is 10.2 Å². The lowest BCUT2D eigenvalue weighted by Gasteiger charge is -2.30. The molecule has 1 aromatic heterocycles. The summed E-state index contributed by atoms with van der Waals surface area (Å²) in [6, 6.07) is 3.54. The summed E-state index contributed by atoms with van der Waals surface area (Å²) in [7, 11) is 2.08. The van der Waals surface area contributed by atoms with Crippen LogP contribution in [0, 0.1) is 0 Å². The van der Waals surface area contributed by atoms with E-state index in [-0.39, 0.29) is 11.9 Å². The van der Waals surface area contributed by atoms with Gasteiger partial charge in [0, 0.05) is 17.5 Å². The van der Waals surface area contributed by atoms with Crippen LogP contribution in [0.4, 0.5) is 0 Å². The zero-order valence-corrected chi connectivity index (χ0v) is 10.9. The maximum atomic E-state index is 12.0. The van der Waals surface area contributed by atoms with E-state index in [4.69, 9.17) is 5.73 Å². The molecule has 2 heterocycles. The summed E-state index contributed by atoms with van der Waals surface area (Å²) in [4.78, 5) is 15.1. The fourth-order valence-electron chi connectivity index (χ4n) is 2.17. The number of nitrogens with two attached hydrogens (primary N) is 1. The molecule has 17 heavy (non-hydrogen) atoms. The molecule has 2 unspecified atom stereocenters. The summed E-state index contributed by atoms with van der Waals surface area (Å²) in [6.07, 6.45) is 2.18. The van der Waals surface area contributed by atoms with E-state index in [0.717, 1.165) is 30.8 Å². The number of amides is 1. The van der Waals surface area contributed by atoms with Crippen LogP contribution in [0.2, 0.25) is 0 Å². The van der Waals surface area contributed by atoms with Gasteiger partial charge in [-0.2, -0.15) is 0 Å². The van der Waals surface area contributed by atoms with Gasteiger partial charge in [-0.3, -0.25) is 4.79 Å². The second-order valence-corrected chi connectivity index (χ2v) is 5.58. The fraction of sp³-hybridized carbons (Fsp3) is 0.583. The average molecular weight is 253 g/mol. The summed E-state index contributed by atoms with van der Waals surface area (Å²) in [5.41, 5.74) is 5.92.